The number of ether oxygens (including phenoxy) is 1. The summed E-state index contributed by atoms with van der Waals surface area (Å²) in [6.07, 6.45) is 2.09. The van der Waals surface area contributed by atoms with E-state index in [2.05, 4.69) is 77.3 Å². The second kappa shape index (κ2) is 8.39. The van der Waals surface area contributed by atoms with Crippen molar-refractivity contribution in [2.75, 3.05) is 13.7 Å². The molecule has 0 aromatic heterocycles. The monoisotopic (exact) mass is 395 g/mol. The van der Waals surface area contributed by atoms with Gasteiger partial charge in [-0.1, -0.05) is 30.3 Å². The van der Waals surface area contributed by atoms with E-state index in [-0.39, 0.29) is 0 Å². The summed E-state index contributed by atoms with van der Waals surface area (Å²) in [4.78, 5) is 0. The number of methoxy groups -OCH3 is 1. The summed E-state index contributed by atoms with van der Waals surface area (Å²) < 4.78 is 6.60. The Morgan fingerprint density at radius 3 is 2.62 bits per heavy atom. The Labute approximate surface area is 141 Å². The maximum atomic E-state index is 5.31. The van der Waals surface area contributed by atoms with Crippen LogP contribution in [0.1, 0.15) is 18.1 Å². The smallest absolute Gasteiger partial charge is 0.119 e. The fourth-order valence-electron chi connectivity index (χ4n) is 2.34. The minimum atomic E-state index is 0.453. The van der Waals surface area contributed by atoms with Crippen molar-refractivity contribution in [2.45, 2.75) is 25.8 Å². The van der Waals surface area contributed by atoms with Crippen LogP contribution >= 0.6 is 22.6 Å². The van der Waals surface area contributed by atoms with Crippen molar-refractivity contribution < 1.29 is 4.74 Å². The summed E-state index contributed by atoms with van der Waals surface area (Å²) in [5.41, 5.74) is 2.72. The molecule has 0 aliphatic rings. The van der Waals surface area contributed by atoms with Crippen molar-refractivity contribution in [2.24, 2.45) is 0 Å². The van der Waals surface area contributed by atoms with E-state index in [9.17, 15) is 0 Å². The first-order valence-corrected chi connectivity index (χ1v) is 8.36. The molecule has 0 bridgehead atoms. The zero-order valence-corrected chi connectivity index (χ0v) is 14.8. The number of nitrogens with one attached hydrogen (secondary N) is 1. The molecular weight excluding hydrogens is 373 g/mol. The molecule has 0 radical (unpaired) electrons. The molecule has 0 fully saturated rings. The normalized spacial score (nSPS) is 12.1. The maximum Gasteiger partial charge on any atom is 0.119 e. The van der Waals surface area contributed by atoms with Crippen molar-refractivity contribution in [3.05, 3.63) is 63.2 Å². The lowest BCUT2D eigenvalue weighted by Crippen LogP contribution is -2.30. The molecule has 1 atom stereocenters. The summed E-state index contributed by atoms with van der Waals surface area (Å²) in [5.74, 6) is 0.932. The molecule has 0 unspecified atom stereocenters. The van der Waals surface area contributed by atoms with Crippen molar-refractivity contribution >= 4 is 22.6 Å². The van der Waals surface area contributed by atoms with Crippen molar-refractivity contribution in [1.29, 1.82) is 0 Å². The van der Waals surface area contributed by atoms with Gasteiger partial charge in [0.2, 0.25) is 0 Å². The van der Waals surface area contributed by atoms with Gasteiger partial charge < -0.3 is 10.1 Å². The first-order chi connectivity index (χ1) is 10.2. The van der Waals surface area contributed by atoms with Gasteiger partial charge in [0.05, 0.1) is 7.11 Å². The van der Waals surface area contributed by atoms with E-state index < -0.39 is 0 Å². The van der Waals surface area contributed by atoms with E-state index in [1.165, 1.54) is 14.7 Å². The van der Waals surface area contributed by atoms with Gasteiger partial charge in [-0.25, -0.2) is 0 Å². The number of rotatable bonds is 7. The molecular formula is C18H22INO. The predicted octanol–water partition coefficient (Wildman–Crippen LogP) is 4.06. The SMILES string of the molecule is COc1ccc(I)c(C[C@H](C)NCCc2ccccc2)c1. The highest BCUT2D eigenvalue weighted by atomic mass is 127. The highest BCUT2D eigenvalue weighted by molar-refractivity contribution is 14.1. The second-order valence-corrected chi connectivity index (χ2v) is 6.41. The fraction of sp³-hybridized carbons (Fsp3) is 0.333. The van der Waals surface area contributed by atoms with Crippen LogP contribution in [0.3, 0.4) is 0 Å². The zero-order valence-electron chi connectivity index (χ0n) is 12.6. The third-order valence-corrected chi connectivity index (χ3v) is 4.58. The Hall–Kier alpha value is -1.07. The molecule has 0 aliphatic carbocycles. The molecule has 1 N–H and O–H groups in total. The fourth-order valence-corrected chi connectivity index (χ4v) is 2.90. The van der Waals surface area contributed by atoms with Gasteiger partial charge in [0.1, 0.15) is 5.75 Å². The van der Waals surface area contributed by atoms with Crippen molar-refractivity contribution in [3.63, 3.8) is 0 Å². The van der Waals surface area contributed by atoms with Crippen LogP contribution in [0.4, 0.5) is 0 Å². The van der Waals surface area contributed by atoms with E-state index in [0.717, 1.165) is 25.1 Å². The van der Waals surface area contributed by atoms with Crippen LogP contribution in [0.15, 0.2) is 48.5 Å². The number of hydrogen-bond acceptors (Lipinski definition) is 2. The lowest BCUT2D eigenvalue weighted by Gasteiger charge is -2.15. The summed E-state index contributed by atoms with van der Waals surface area (Å²) in [6.45, 7) is 3.24. The van der Waals surface area contributed by atoms with Gasteiger partial charge in [-0.15, -0.1) is 0 Å². The topological polar surface area (TPSA) is 21.3 Å². The molecule has 21 heavy (non-hydrogen) atoms. The maximum absolute atomic E-state index is 5.31. The molecule has 3 heteroatoms. The van der Waals surface area contributed by atoms with E-state index in [0.29, 0.717) is 6.04 Å². The average Bonchev–Trinajstić information content (AvgIpc) is 2.50. The van der Waals surface area contributed by atoms with Crippen molar-refractivity contribution in [3.8, 4) is 5.75 Å². The zero-order chi connectivity index (χ0) is 15.1. The summed E-state index contributed by atoms with van der Waals surface area (Å²) in [7, 11) is 1.72. The predicted molar refractivity (Wildman–Crippen MR) is 97.0 cm³/mol. The minimum absolute atomic E-state index is 0.453. The van der Waals surface area contributed by atoms with E-state index >= 15 is 0 Å². The third kappa shape index (κ3) is 5.32. The first kappa shape index (κ1) is 16.3. The quantitative estimate of drug-likeness (QED) is 0.714. The molecule has 2 aromatic carbocycles. The van der Waals surface area contributed by atoms with Crippen LogP contribution in [0.25, 0.3) is 0 Å². The van der Waals surface area contributed by atoms with Gasteiger partial charge in [0.25, 0.3) is 0 Å². The van der Waals surface area contributed by atoms with Crippen LogP contribution in [0.2, 0.25) is 0 Å². The number of benzene rings is 2. The standard InChI is InChI=1S/C18H22INO/c1-14(20-11-10-15-6-4-3-5-7-15)12-16-13-17(21-2)8-9-18(16)19/h3-9,13-14,20H,10-12H2,1-2H3/t14-/m0/s1. The molecule has 0 saturated carbocycles. The van der Waals surface area contributed by atoms with Gasteiger partial charge >= 0.3 is 0 Å². The Bertz CT molecular complexity index is 556. The van der Waals surface area contributed by atoms with Gasteiger partial charge in [-0.3, -0.25) is 0 Å². The second-order valence-electron chi connectivity index (χ2n) is 5.25. The number of halogens is 1. The molecule has 0 saturated heterocycles. The summed E-state index contributed by atoms with van der Waals surface area (Å²) in [5, 5.41) is 3.60. The first-order valence-electron chi connectivity index (χ1n) is 7.29. The summed E-state index contributed by atoms with van der Waals surface area (Å²) in [6, 6.07) is 17.3. The lowest BCUT2D eigenvalue weighted by molar-refractivity contribution is 0.413. The van der Waals surface area contributed by atoms with Gasteiger partial charge in [0.15, 0.2) is 0 Å². The van der Waals surface area contributed by atoms with Crippen LogP contribution < -0.4 is 10.1 Å². The van der Waals surface area contributed by atoms with Crippen molar-refractivity contribution in [1.82, 2.24) is 5.32 Å². The van der Waals surface area contributed by atoms with E-state index in [4.69, 9.17) is 4.74 Å². The molecule has 2 aromatic rings. The molecule has 0 aliphatic heterocycles. The Balaban J connectivity index is 1.83. The molecule has 2 nitrogen and oxygen atoms in total. The van der Waals surface area contributed by atoms with Crippen LogP contribution in [0, 0.1) is 3.57 Å². The highest BCUT2D eigenvalue weighted by Gasteiger charge is 2.07. The van der Waals surface area contributed by atoms with Crippen LogP contribution in [0.5, 0.6) is 5.75 Å². The Morgan fingerprint density at radius 2 is 1.90 bits per heavy atom. The molecule has 0 heterocycles. The van der Waals surface area contributed by atoms with E-state index in [1.54, 1.807) is 7.11 Å². The van der Waals surface area contributed by atoms with Gasteiger partial charge in [-0.05, 0) is 78.2 Å². The average molecular weight is 395 g/mol. The molecule has 112 valence electrons. The van der Waals surface area contributed by atoms with Crippen LogP contribution in [-0.2, 0) is 12.8 Å². The third-order valence-electron chi connectivity index (χ3n) is 3.53. The number of hydrogen-bond donors (Lipinski definition) is 1. The molecule has 0 amide bonds. The summed E-state index contributed by atoms with van der Waals surface area (Å²) >= 11 is 2.39. The highest BCUT2D eigenvalue weighted by Crippen LogP contribution is 2.20. The Morgan fingerprint density at radius 1 is 1.14 bits per heavy atom. The largest absolute Gasteiger partial charge is 0.497 e. The lowest BCUT2D eigenvalue weighted by atomic mass is 10.1. The molecule has 0 spiro atoms. The van der Waals surface area contributed by atoms with Crippen LogP contribution in [-0.4, -0.2) is 19.7 Å². The minimum Gasteiger partial charge on any atom is -0.497 e. The Kier molecular flexibility index (Phi) is 6.51. The van der Waals surface area contributed by atoms with Gasteiger partial charge in [0, 0.05) is 9.61 Å². The molecule has 2 rings (SSSR count). The van der Waals surface area contributed by atoms with E-state index in [1.807, 2.05) is 6.07 Å². The van der Waals surface area contributed by atoms with Gasteiger partial charge in [-0.2, -0.15) is 0 Å².